The van der Waals surface area contributed by atoms with E-state index in [2.05, 4.69) is 6.92 Å². The number of carbonyl (C=O) groups excluding carboxylic acids is 2. The number of rotatable bonds is 6. The summed E-state index contributed by atoms with van der Waals surface area (Å²) in [6.07, 6.45) is 9.05. The minimum Gasteiger partial charge on any atom is -0.300 e. The molecule has 2 atom stereocenters. The van der Waals surface area contributed by atoms with E-state index in [0.717, 1.165) is 51.4 Å². The average molecular weight is 238 g/mol. The van der Waals surface area contributed by atoms with E-state index < -0.39 is 0 Å². The van der Waals surface area contributed by atoms with Crippen LogP contribution in [0.3, 0.4) is 0 Å². The standard InChI is InChI=1S/C15H26O2/c1-3-4-5-9-15(17)14-8-6-7-13(10-11-14)12(2)16/h13-14H,3-11H2,1-2H3. The summed E-state index contributed by atoms with van der Waals surface area (Å²) < 4.78 is 0. The molecule has 0 aromatic heterocycles. The number of carbonyl (C=O) groups is 2. The molecule has 1 aliphatic carbocycles. The quantitative estimate of drug-likeness (QED) is 0.519. The molecule has 0 aromatic carbocycles. The van der Waals surface area contributed by atoms with Crippen molar-refractivity contribution in [2.24, 2.45) is 11.8 Å². The fourth-order valence-corrected chi connectivity index (χ4v) is 2.78. The minimum atomic E-state index is 0.225. The van der Waals surface area contributed by atoms with Gasteiger partial charge in [0.25, 0.3) is 0 Å². The van der Waals surface area contributed by atoms with E-state index >= 15 is 0 Å². The van der Waals surface area contributed by atoms with Gasteiger partial charge in [-0.05, 0) is 39.0 Å². The van der Waals surface area contributed by atoms with Crippen molar-refractivity contribution in [1.82, 2.24) is 0 Å². The van der Waals surface area contributed by atoms with Gasteiger partial charge in [0, 0.05) is 18.3 Å². The highest BCUT2D eigenvalue weighted by Crippen LogP contribution is 2.29. The molecule has 17 heavy (non-hydrogen) atoms. The third-order valence-corrected chi connectivity index (χ3v) is 4.03. The van der Waals surface area contributed by atoms with Crippen molar-refractivity contribution in [3.63, 3.8) is 0 Å². The van der Waals surface area contributed by atoms with Crippen LogP contribution in [0.15, 0.2) is 0 Å². The fourth-order valence-electron chi connectivity index (χ4n) is 2.78. The third-order valence-electron chi connectivity index (χ3n) is 4.03. The van der Waals surface area contributed by atoms with Gasteiger partial charge in [0.2, 0.25) is 0 Å². The second-order valence-corrected chi connectivity index (χ2v) is 5.44. The maximum Gasteiger partial charge on any atom is 0.135 e. The van der Waals surface area contributed by atoms with Crippen molar-refractivity contribution in [3.8, 4) is 0 Å². The summed E-state index contributed by atoms with van der Waals surface area (Å²) >= 11 is 0. The van der Waals surface area contributed by atoms with Gasteiger partial charge in [-0.1, -0.05) is 26.2 Å². The first-order valence-electron chi connectivity index (χ1n) is 7.18. The molecular formula is C15H26O2. The number of ketones is 2. The number of hydrogen-bond donors (Lipinski definition) is 0. The zero-order chi connectivity index (χ0) is 12.7. The predicted molar refractivity (Wildman–Crippen MR) is 69.9 cm³/mol. The smallest absolute Gasteiger partial charge is 0.135 e. The van der Waals surface area contributed by atoms with Gasteiger partial charge in [-0.25, -0.2) is 0 Å². The largest absolute Gasteiger partial charge is 0.300 e. The number of Topliss-reactive ketones (excluding diaryl/α,β-unsaturated/α-hetero) is 2. The van der Waals surface area contributed by atoms with Crippen LogP contribution in [0.4, 0.5) is 0 Å². The molecule has 2 nitrogen and oxygen atoms in total. The lowest BCUT2D eigenvalue weighted by Gasteiger charge is -2.12. The molecule has 1 rings (SSSR count). The van der Waals surface area contributed by atoms with Gasteiger partial charge in [-0.2, -0.15) is 0 Å². The lowest BCUT2D eigenvalue weighted by atomic mass is 9.91. The van der Waals surface area contributed by atoms with Crippen LogP contribution in [0.25, 0.3) is 0 Å². The van der Waals surface area contributed by atoms with Crippen LogP contribution in [0.5, 0.6) is 0 Å². The summed E-state index contributed by atoms with van der Waals surface area (Å²) in [5, 5.41) is 0. The van der Waals surface area contributed by atoms with Crippen molar-refractivity contribution < 1.29 is 9.59 Å². The van der Waals surface area contributed by atoms with Crippen molar-refractivity contribution >= 4 is 11.6 Å². The normalized spacial score (nSPS) is 25.3. The van der Waals surface area contributed by atoms with Gasteiger partial charge in [0.05, 0.1) is 0 Å². The fraction of sp³-hybridized carbons (Fsp3) is 0.867. The molecule has 2 unspecified atom stereocenters. The lowest BCUT2D eigenvalue weighted by Crippen LogP contribution is -2.14. The summed E-state index contributed by atoms with van der Waals surface area (Å²) in [5.74, 6) is 1.23. The Morgan fingerprint density at radius 3 is 2.29 bits per heavy atom. The van der Waals surface area contributed by atoms with Crippen LogP contribution in [0, 0.1) is 11.8 Å². The molecule has 0 N–H and O–H groups in total. The molecule has 0 radical (unpaired) electrons. The Bertz CT molecular complexity index is 258. The van der Waals surface area contributed by atoms with Crippen molar-refractivity contribution in [2.45, 2.75) is 71.6 Å². The van der Waals surface area contributed by atoms with Gasteiger partial charge in [-0.15, -0.1) is 0 Å². The van der Waals surface area contributed by atoms with Gasteiger partial charge in [0.15, 0.2) is 0 Å². The summed E-state index contributed by atoms with van der Waals surface area (Å²) in [6.45, 7) is 3.85. The van der Waals surface area contributed by atoms with Crippen molar-refractivity contribution in [1.29, 1.82) is 0 Å². The van der Waals surface area contributed by atoms with E-state index in [0.29, 0.717) is 11.6 Å². The molecular weight excluding hydrogens is 212 g/mol. The Labute approximate surface area is 105 Å². The molecule has 1 aliphatic rings. The summed E-state index contributed by atoms with van der Waals surface area (Å²) in [4.78, 5) is 23.4. The van der Waals surface area contributed by atoms with Gasteiger partial charge in [-0.3, -0.25) is 9.59 Å². The SMILES string of the molecule is CCCCCC(=O)C1CCCC(C(C)=O)CC1. The van der Waals surface area contributed by atoms with E-state index in [4.69, 9.17) is 0 Å². The average Bonchev–Trinajstić information content (AvgIpc) is 2.54. The minimum absolute atomic E-state index is 0.225. The van der Waals surface area contributed by atoms with E-state index in [1.165, 1.54) is 6.42 Å². The van der Waals surface area contributed by atoms with Crippen molar-refractivity contribution in [3.05, 3.63) is 0 Å². The molecule has 98 valence electrons. The maximum atomic E-state index is 12.0. The Hall–Kier alpha value is -0.660. The van der Waals surface area contributed by atoms with Gasteiger partial charge in [0.1, 0.15) is 11.6 Å². The lowest BCUT2D eigenvalue weighted by molar-refractivity contribution is -0.124. The van der Waals surface area contributed by atoms with E-state index in [1.807, 2.05) is 0 Å². The maximum absolute atomic E-state index is 12.0. The second-order valence-electron chi connectivity index (χ2n) is 5.44. The Kier molecular flexibility index (Phi) is 6.46. The molecule has 0 heterocycles. The van der Waals surface area contributed by atoms with Crippen LogP contribution < -0.4 is 0 Å². The van der Waals surface area contributed by atoms with Crippen LogP contribution >= 0.6 is 0 Å². The zero-order valence-corrected chi connectivity index (χ0v) is 11.3. The molecule has 0 bridgehead atoms. The highest BCUT2D eigenvalue weighted by atomic mass is 16.1. The molecule has 1 fully saturated rings. The zero-order valence-electron chi connectivity index (χ0n) is 11.3. The van der Waals surface area contributed by atoms with Crippen LogP contribution in [0.1, 0.15) is 71.6 Å². The highest BCUT2D eigenvalue weighted by Gasteiger charge is 2.25. The molecule has 0 aliphatic heterocycles. The summed E-state index contributed by atoms with van der Waals surface area (Å²) in [5.41, 5.74) is 0. The Morgan fingerprint density at radius 2 is 1.65 bits per heavy atom. The predicted octanol–water partition coefficient (Wildman–Crippen LogP) is 3.92. The van der Waals surface area contributed by atoms with Gasteiger partial charge >= 0.3 is 0 Å². The van der Waals surface area contributed by atoms with Crippen LogP contribution in [-0.4, -0.2) is 11.6 Å². The summed E-state index contributed by atoms with van der Waals surface area (Å²) in [7, 11) is 0. The molecule has 1 saturated carbocycles. The number of unbranched alkanes of at least 4 members (excludes halogenated alkanes) is 2. The van der Waals surface area contributed by atoms with E-state index in [9.17, 15) is 9.59 Å². The molecule has 0 saturated heterocycles. The molecule has 2 heteroatoms. The van der Waals surface area contributed by atoms with Gasteiger partial charge < -0.3 is 0 Å². The summed E-state index contributed by atoms with van der Waals surface area (Å²) in [6, 6.07) is 0. The van der Waals surface area contributed by atoms with E-state index in [-0.39, 0.29) is 11.8 Å². The molecule has 0 amide bonds. The molecule has 0 aromatic rings. The monoisotopic (exact) mass is 238 g/mol. The van der Waals surface area contributed by atoms with E-state index in [1.54, 1.807) is 6.92 Å². The molecule has 0 spiro atoms. The van der Waals surface area contributed by atoms with Crippen molar-refractivity contribution in [2.75, 3.05) is 0 Å². The van der Waals surface area contributed by atoms with Crippen LogP contribution in [-0.2, 0) is 9.59 Å². The Morgan fingerprint density at radius 1 is 1.00 bits per heavy atom. The highest BCUT2D eigenvalue weighted by molar-refractivity contribution is 5.81. The Balaban J connectivity index is 2.34. The third kappa shape index (κ3) is 5.01. The first-order valence-corrected chi connectivity index (χ1v) is 7.18. The topological polar surface area (TPSA) is 34.1 Å². The van der Waals surface area contributed by atoms with Crippen LogP contribution in [0.2, 0.25) is 0 Å². The first-order chi connectivity index (χ1) is 8.15. The second kappa shape index (κ2) is 7.62. The first kappa shape index (κ1) is 14.4. The number of hydrogen-bond acceptors (Lipinski definition) is 2.